The first-order chi connectivity index (χ1) is 7.79. The molecule has 1 heterocycles. The Kier molecular flexibility index (Phi) is 6.95. The average Bonchev–Trinajstić information content (AvgIpc) is 2.31. The fourth-order valence-corrected chi connectivity index (χ4v) is 3.44. The van der Waals surface area contributed by atoms with Crippen molar-refractivity contribution in [2.75, 3.05) is 31.6 Å². The van der Waals surface area contributed by atoms with E-state index in [4.69, 9.17) is 6.42 Å². The maximum atomic E-state index is 5.37. The van der Waals surface area contributed by atoms with Gasteiger partial charge in [-0.2, -0.15) is 11.8 Å². The summed E-state index contributed by atoms with van der Waals surface area (Å²) in [5.41, 5.74) is 0. The second-order valence-corrected chi connectivity index (χ2v) is 5.58. The molecule has 2 atom stereocenters. The van der Waals surface area contributed by atoms with Gasteiger partial charge in [-0.05, 0) is 26.4 Å². The SMILES string of the molecule is C#CCCC(NCCC)C1CSCCN1C. The zero-order chi connectivity index (χ0) is 11.8. The standard InChI is InChI=1S/C13H24N2S/c1-4-6-7-12(14-8-5-2)13-11-16-10-9-15(13)3/h1,12-14H,5-11H2,2-3H3. The number of hydrogen-bond acceptors (Lipinski definition) is 3. The number of terminal acetylenes is 1. The van der Waals surface area contributed by atoms with E-state index in [1.165, 1.54) is 24.5 Å². The van der Waals surface area contributed by atoms with Crippen LogP contribution in [-0.2, 0) is 0 Å². The van der Waals surface area contributed by atoms with Gasteiger partial charge in [0.15, 0.2) is 0 Å². The van der Waals surface area contributed by atoms with E-state index in [2.05, 4.69) is 41.9 Å². The van der Waals surface area contributed by atoms with Crippen molar-refractivity contribution in [1.82, 2.24) is 10.2 Å². The van der Waals surface area contributed by atoms with Gasteiger partial charge in [0.25, 0.3) is 0 Å². The third-order valence-electron chi connectivity index (χ3n) is 3.16. The molecule has 0 saturated carbocycles. The number of thioether (sulfide) groups is 1. The van der Waals surface area contributed by atoms with Crippen molar-refractivity contribution < 1.29 is 0 Å². The fourth-order valence-electron chi connectivity index (χ4n) is 2.13. The van der Waals surface area contributed by atoms with Crippen LogP contribution >= 0.6 is 11.8 Å². The minimum absolute atomic E-state index is 0.564. The van der Waals surface area contributed by atoms with Gasteiger partial charge in [0.1, 0.15) is 0 Å². The number of rotatable bonds is 6. The predicted molar refractivity (Wildman–Crippen MR) is 73.9 cm³/mol. The maximum Gasteiger partial charge on any atom is 0.0337 e. The summed E-state index contributed by atoms with van der Waals surface area (Å²) in [6, 6.07) is 1.22. The van der Waals surface area contributed by atoms with Crippen molar-refractivity contribution in [2.45, 2.75) is 38.3 Å². The topological polar surface area (TPSA) is 15.3 Å². The van der Waals surface area contributed by atoms with Crippen LogP contribution in [0.5, 0.6) is 0 Å². The molecule has 0 radical (unpaired) electrons. The minimum atomic E-state index is 0.564. The van der Waals surface area contributed by atoms with Gasteiger partial charge in [0.2, 0.25) is 0 Å². The van der Waals surface area contributed by atoms with Crippen LogP contribution in [0.1, 0.15) is 26.2 Å². The first-order valence-electron chi connectivity index (χ1n) is 6.24. The highest BCUT2D eigenvalue weighted by molar-refractivity contribution is 7.99. The Hall–Kier alpha value is -0.170. The first kappa shape index (κ1) is 13.9. The molecule has 0 spiro atoms. The highest BCUT2D eigenvalue weighted by Gasteiger charge is 2.26. The van der Waals surface area contributed by atoms with Crippen molar-refractivity contribution in [3.8, 4) is 12.3 Å². The molecule has 1 aliphatic rings. The van der Waals surface area contributed by atoms with E-state index in [1.807, 2.05) is 0 Å². The van der Waals surface area contributed by atoms with Gasteiger partial charge in [-0.15, -0.1) is 12.3 Å². The Labute approximate surface area is 105 Å². The molecule has 0 bridgehead atoms. The van der Waals surface area contributed by atoms with Crippen LogP contribution in [0, 0.1) is 12.3 Å². The van der Waals surface area contributed by atoms with Gasteiger partial charge in [-0.3, -0.25) is 0 Å². The molecule has 0 amide bonds. The molecule has 1 rings (SSSR count). The highest BCUT2D eigenvalue weighted by Crippen LogP contribution is 2.19. The van der Waals surface area contributed by atoms with E-state index in [0.717, 1.165) is 19.4 Å². The molecule has 0 aromatic carbocycles. The summed E-state index contributed by atoms with van der Waals surface area (Å²) in [7, 11) is 2.24. The largest absolute Gasteiger partial charge is 0.312 e. The number of nitrogens with one attached hydrogen (secondary N) is 1. The molecule has 3 heteroatoms. The van der Waals surface area contributed by atoms with Crippen LogP contribution in [0.3, 0.4) is 0 Å². The Morgan fingerprint density at radius 2 is 2.44 bits per heavy atom. The summed E-state index contributed by atoms with van der Waals surface area (Å²) in [5, 5.41) is 3.65. The third-order valence-corrected chi connectivity index (χ3v) is 4.21. The monoisotopic (exact) mass is 240 g/mol. The maximum absolute atomic E-state index is 5.37. The summed E-state index contributed by atoms with van der Waals surface area (Å²) >= 11 is 2.07. The van der Waals surface area contributed by atoms with E-state index < -0.39 is 0 Å². The van der Waals surface area contributed by atoms with Crippen LogP contribution in [0.25, 0.3) is 0 Å². The van der Waals surface area contributed by atoms with Gasteiger partial charge in [0.05, 0.1) is 0 Å². The molecule has 92 valence electrons. The van der Waals surface area contributed by atoms with Crippen LogP contribution in [0.15, 0.2) is 0 Å². The molecule has 1 aliphatic heterocycles. The molecule has 0 aliphatic carbocycles. The van der Waals surface area contributed by atoms with Crippen LogP contribution < -0.4 is 5.32 Å². The highest BCUT2D eigenvalue weighted by atomic mass is 32.2. The molecule has 1 fully saturated rings. The summed E-state index contributed by atoms with van der Waals surface area (Å²) < 4.78 is 0. The summed E-state index contributed by atoms with van der Waals surface area (Å²) in [6.07, 6.45) is 8.55. The molecule has 1 saturated heterocycles. The minimum Gasteiger partial charge on any atom is -0.312 e. The van der Waals surface area contributed by atoms with Crippen molar-refractivity contribution in [2.24, 2.45) is 0 Å². The lowest BCUT2D eigenvalue weighted by Crippen LogP contribution is -2.52. The fraction of sp³-hybridized carbons (Fsp3) is 0.846. The molecule has 0 aromatic rings. The lowest BCUT2D eigenvalue weighted by molar-refractivity contribution is 0.209. The van der Waals surface area contributed by atoms with Gasteiger partial charge in [0, 0.05) is 36.6 Å². The van der Waals surface area contributed by atoms with Gasteiger partial charge < -0.3 is 10.2 Å². The normalized spacial score (nSPS) is 23.9. The Morgan fingerprint density at radius 3 is 3.06 bits per heavy atom. The van der Waals surface area contributed by atoms with E-state index in [0.29, 0.717) is 12.1 Å². The van der Waals surface area contributed by atoms with E-state index in [1.54, 1.807) is 0 Å². The number of hydrogen-bond donors (Lipinski definition) is 1. The molecular formula is C13H24N2S. The molecule has 0 aromatic heterocycles. The third kappa shape index (κ3) is 4.37. The van der Waals surface area contributed by atoms with Crippen LogP contribution in [0.2, 0.25) is 0 Å². The molecule has 16 heavy (non-hydrogen) atoms. The smallest absolute Gasteiger partial charge is 0.0337 e. The zero-order valence-corrected chi connectivity index (χ0v) is 11.4. The molecule has 2 nitrogen and oxygen atoms in total. The van der Waals surface area contributed by atoms with Crippen molar-refractivity contribution in [3.63, 3.8) is 0 Å². The van der Waals surface area contributed by atoms with Crippen molar-refractivity contribution >= 4 is 11.8 Å². The summed E-state index contributed by atoms with van der Waals surface area (Å²) in [4.78, 5) is 2.49. The molecular weight excluding hydrogens is 216 g/mol. The lowest BCUT2D eigenvalue weighted by atomic mass is 10.0. The quantitative estimate of drug-likeness (QED) is 0.713. The molecule has 2 unspecified atom stereocenters. The van der Waals surface area contributed by atoms with Gasteiger partial charge in [-0.25, -0.2) is 0 Å². The molecule has 1 N–H and O–H groups in total. The van der Waals surface area contributed by atoms with Crippen LogP contribution in [0.4, 0.5) is 0 Å². The predicted octanol–water partition coefficient (Wildman–Crippen LogP) is 1.82. The second kappa shape index (κ2) is 8.00. The van der Waals surface area contributed by atoms with E-state index >= 15 is 0 Å². The Morgan fingerprint density at radius 1 is 1.62 bits per heavy atom. The second-order valence-electron chi connectivity index (χ2n) is 4.43. The average molecular weight is 240 g/mol. The summed E-state index contributed by atoms with van der Waals surface area (Å²) in [6.45, 7) is 4.52. The van der Waals surface area contributed by atoms with E-state index in [9.17, 15) is 0 Å². The number of likely N-dealkylation sites (N-methyl/N-ethyl adjacent to an activating group) is 1. The van der Waals surface area contributed by atoms with Gasteiger partial charge >= 0.3 is 0 Å². The summed E-state index contributed by atoms with van der Waals surface area (Å²) in [5.74, 6) is 5.27. The lowest BCUT2D eigenvalue weighted by Gasteiger charge is -2.38. The Balaban J connectivity index is 2.47. The van der Waals surface area contributed by atoms with Crippen LogP contribution in [-0.4, -0.2) is 48.6 Å². The zero-order valence-electron chi connectivity index (χ0n) is 10.5. The van der Waals surface area contributed by atoms with Gasteiger partial charge in [-0.1, -0.05) is 6.92 Å². The van der Waals surface area contributed by atoms with Crippen molar-refractivity contribution in [1.29, 1.82) is 0 Å². The number of nitrogens with zero attached hydrogens (tertiary/aromatic N) is 1. The van der Waals surface area contributed by atoms with Crippen molar-refractivity contribution in [3.05, 3.63) is 0 Å². The first-order valence-corrected chi connectivity index (χ1v) is 7.40. The van der Waals surface area contributed by atoms with E-state index in [-0.39, 0.29) is 0 Å². The Bertz CT molecular complexity index is 224.